The van der Waals surface area contributed by atoms with Gasteiger partial charge in [-0.25, -0.2) is 0 Å². The van der Waals surface area contributed by atoms with Gasteiger partial charge in [0.05, 0.1) is 0 Å². The third-order valence-corrected chi connectivity index (χ3v) is 4.55. The van der Waals surface area contributed by atoms with Gasteiger partial charge in [-0.3, -0.25) is 9.59 Å². The minimum atomic E-state index is -0.387. The second-order valence-electron chi connectivity index (χ2n) is 5.90. The fraction of sp³-hybridized carbons (Fsp3) is 0.500. The lowest BCUT2D eigenvalue weighted by molar-refractivity contribution is -0.141. The van der Waals surface area contributed by atoms with Crippen LogP contribution in [0.4, 0.5) is 5.69 Å². The van der Waals surface area contributed by atoms with Gasteiger partial charge >= 0.3 is 0 Å². The molecule has 0 bridgehead atoms. The Hall–Kier alpha value is -1.55. The van der Waals surface area contributed by atoms with E-state index in [1.165, 1.54) is 0 Å². The topological polar surface area (TPSA) is 40.6 Å². The SMILES string of the molecule is Cc1cc(Cl)ccc1N1CCN(C(=O)C2CC2)C(C)C1=O. The van der Waals surface area contributed by atoms with Crippen LogP contribution >= 0.6 is 11.6 Å². The molecule has 1 unspecified atom stereocenters. The van der Waals surface area contributed by atoms with Crippen LogP contribution in [0.3, 0.4) is 0 Å². The number of hydrogen-bond acceptors (Lipinski definition) is 2. The van der Waals surface area contributed by atoms with E-state index in [-0.39, 0.29) is 23.8 Å². The zero-order valence-electron chi connectivity index (χ0n) is 12.3. The predicted octanol–water partition coefficient (Wildman–Crippen LogP) is 2.62. The van der Waals surface area contributed by atoms with Gasteiger partial charge in [0, 0.05) is 29.7 Å². The molecule has 112 valence electrons. The molecule has 1 atom stereocenters. The number of carbonyl (C=O) groups excluding carboxylic acids is 2. The Kier molecular flexibility index (Phi) is 3.66. The van der Waals surface area contributed by atoms with Gasteiger partial charge in [0.1, 0.15) is 6.04 Å². The smallest absolute Gasteiger partial charge is 0.249 e. The number of nitrogens with zero attached hydrogens (tertiary/aromatic N) is 2. The second kappa shape index (κ2) is 5.34. The minimum Gasteiger partial charge on any atom is -0.329 e. The van der Waals surface area contributed by atoms with E-state index in [4.69, 9.17) is 11.6 Å². The van der Waals surface area contributed by atoms with Crippen LogP contribution in [0.25, 0.3) is 0 Å². The summed E-state index contributed by atoms with van der Waals surface area (Å²) in [6, 6.07) is 5.14. The first kappa shape index (κ1) is 14.4. The van der Waals surface area contributed by atoms with E-state index >= 15 is 0 Å². The summed E-state index contributed by atoms with van der Waals surface area (Å²) in [7, 11) is 0. The highest BCUT2D eigenvalue weighted by molar-refractivity contribution is 6.30. The van der Waals surface area contributed by atoms with E-state index in [1.54, 1.807) is 15.9 Å². The molecule has 1 aromatic carbocycles. The van der Waals surface area contributed by atoms with E-state index in [2.05, 4.69) is 0 Å². The van der Waals surface area contributed by atoms with Crippen molar-refractivity contribution in [2.45, 2.75) is 32.7 Å². The van der Waals surface area contributed by atoms with Crippen molar-refractivity contribution in [3.05, 3.63) is 28.8 Å². The number of amides is 2. The van der Waals surface area contributed by atoms with E-state index in [1.807, 2.05) is 26.0 Å². The van der Waals surface area contributed by atoms with Crippen LogP contribution in [-0.4, -0.2) is 35.8 Å². The summed E-state index contributed by atoms with van der Waals surface area (Å²) in [5, 5.41) is 0.666. The number of anilines is 1. The molecule has 1 saturated carbocycles. The van der Waals surface area contributed by atoms with Gasteiger partial charge < -0.3 is 9.80 Å². The number of halogens is 1. The monoisotopic (exact) mass is 306 g/mol. The van der Waals surface area contributed by atoms with Crippen molar-refractivity contribution in [3.63, 3.8) is 0 Å². The molecule has 0 aromatic heterocycles. The first-order valence-corrected chi connectivity index (χ1v) is 7.75. The molecule has 0 N–H and O–H groups in total. The Bertz CT molecular complexity index is 598. The predicted molar refractivity (Wildman–Crippen MR) is 82.4 cm³/mol. The Morgan fingerprint density at radius 1 is 1.29 bits per heavy atom. The lowest BCUT2D eigenvalue weighted by Gasteiger charge is -2.39. The Morgan fingerprint density at radius 2 is 2.00 bits per heavy atom. The van der Waals surface area contributed by atoms with Crippen LogP contribution in [0.15, 0.2) is 18.2 Å². The van der Waals surface area contributed by atoms with Crippen LogP contribution in [0.1, 0.15) is 25.3 Å². The van der Waals surface area contributed by atoms with Crippen molar-refractivity contribution < 1.29 is 9.59 Å². The third kappa shape index (κ3) is 2.64. The molecule has 5 heteroatoms. The summed E-state index contributed by atoms with van der Waals surface area (Å²) in [5.41, 5.74) is 1.86. The highest BCUT2D eigenvalue weighted by atomic mass is 35.5. The molecule has 1 heterocycles. The van der Waals surface area contributed by atoms with Crippen LogP contribution in [0.5, 0.6) is 0 Å². The number of piperazine rings is 1. The molecular weight excluding hydrogens is 288 g/mol. The Morgan fingerprint density at radius 3 is 2.62 bits per heavy atom. The van der Waals surface area contributed by atoms with Crippen molar-refractivity contribution in [3.8, 4) is 0 Å². The molecule has 3 rings (SSSR count). The highest BCUT2D eigenvalue weighted by Crippen LogP contribution is 2.33. The fourth-order valence-electron chi connectivity index (χ4n) is 2.90. The lowest BCUT2D eigenvalue weighted by atomic mass is 10.1. The molecule has 2 fully saturated rings. The zero-order chi connectivity index (χ0) is 15.1. The standard InChI is InChI=1S/C16H19ClN2O2/c1-10-9-13(17)5-6-14(10)19-8-7-18(11(2)15(19)20)16(21)12-3-4-12/h5-6,9,11-12H,3-4,7-8H2,1-2H3. The maximum Gasteiger partial charge on any atom is 0.249 e. The molecule has 1 aliphatic carbocycles. The van der Waals surface area contributed by atoms with Crippen molar-refractivity contribution in [1.29, 1.82) is 0 Å². The third-order valence-electron chi connectivity index (χ3n) is 4.31. The van der Waals surface area contributed by atoms with E-state index in [0.717, 1.165) is 24.1 Å². The average Bonchev–Trinajstić information content (AvgIpc) is 3.26. The zero-order valence-corrected chi connectivity index (χ0v) is 13.1. The van der Waals surface area contributed by atoms with Gasteiger partial charge in [-0.05, 0) is 50.5 Å². The molecule has 2 amide bonds. The number of aryl methyl sites for hydroxylation is 1. The number of hydrogen-bond donors (Lipinski definition) is 0. The summed E-state index contributed by atoms with van der Waals surface area (Å²) in [6.45, 7) is 4.91. The van der Waals surface area contributed by atoms with Crippen molar-refractivity contribution in [2.75, 3.05) is 18.0 Å². The fourth-order valence-corrected chi connectivity index (χ4v) is 3.12. The Labute approximate surface area is 129 Å². The van der Waals surface area contributed by atoms with Crippen LogP contribution in [-0.2, 0) is 9.59 Å². The first-order chi connectivity index (χ1) is 9.99. The molecule has 21 heavy (non-hydrogen) atoms. The maximum atomic E-state index is 12.6. The van der Waals surface area contributed by atoms with Gasteiger partial charge in [-0.1, -0.05) is 11.6 Å². The van der Waals surface area contributed by atoms with E-state index in [0.29, 0.717) is 18.1 Å². The summed E-state index contributed by atoms with van der Waals surface area (Å²) in [5.74, 6) is 0.285. The van der Waals surface area contributed by atoms with Crippen LogP contribution in [0, 0.1) is 12.8 Å². The molecule has 0 spiro atoms. The summed E-state index contributed by atoms with van der Waals surface area (Å²) < 4.78 is 0. The quantitative estimate of drug-likeness (QED) is 0.843. The average molecular weight is 307 g/mol. The number of rotatable bonds is 2. The summed E-state index contributed by atoms with van der Waals surface area (Å²) in [4.78, 5) is 28.3. The van der Waals surface area contributed by atoms with Crippen molar-refractivity contribution in [1.82, 2.24) is 4.90 Å². The molecule has 2 aliphatic rings. The molecule has 1 aromatic rings. The molecule has 1 aliphatic heterocycles. The molecular formula is C16H19ClN2O2. The minimum absolute atomic E-state index is 0.0133. The first-order valence-electron chi connectivity index (χ1n) is 7.37. The molecule has 0 radical (unpaired) electrons. The van der Waals surface area contributed by atoms with Crippen molar-refractivity contribution in [2.24, 2.45) is 5.92 Å². The summed E-state index contributed by atoms with van der Waals surface area (Å²) in [6.07, 6.45) is 1.94. The van der Waals surface area contributed by atoms with Gasteiger partial charge in [0.25, 0.3) is 0 Å². The number of carbonyl (C=O) groups is 2. The largest absolute Gasteiger partial charge is 0.329 e. The van der Waals surface area contributed by atoms with Gasteiger partial charge in [-0.15, -0.1) is 0 Å². The highest BCUT2D eigenvalue weighted by Gasteiger charge is 2.41. The van der Waals surface area contributed by atoms with Crippen molar-refractivity contribution >= 4 is 29.1 Å². The molecule has 4 nitrogen and oxygen atoms in total. The molecule has 1 saturated heterocycles. The number of benzene rings is 1. The maximum absolute atomic E-state index is 12.6. The van der Waals surface area contributed by atoms with Crippen LogP contribution < -0.4 is 4.90 Å². The van der Waals surface area contributed by atoms with E-state index < -0.39 is 0 Å². The van der Waals surface area contributed by atoms with Crippen LogP contribution in [0.2, 0.25) is 5.02 Å². The normalized spacial score (nSPS) is 22.6. The lowest BCUT2D eigenvalue weighted by Crippen LogP contribution is -2.58. The Balaban J connectivity index is 1.80. The van der Waals surface area contributed by atoms with Gasteiger partial charge in [0.15, 0.2) is 0 Å². The second-order valence-corrected chi connectivity index (χ2v) is 6.34. The summed E-state index contributed by atoms with van der Waals surface area (Å²) >= 11 is 5.97. The van der Waals surface area contributed by atoms with Gasteiger partial charge in [0.2, 0.25) is 11.8 Å². The van der Waals surface area contributed by atoms with Gasteiger partial charge in [-0.2, -0.15) is 0 Å². The van der Waals surface area contributed by atoms with E-state index in [9.17, 15) is 9.59 Å².